The van der Waals surface area contributed by atoms with E-state index in [1.165, 1.54) is 12.1 Å². The summed E-state index contributed by atoms with van der Waals surface area (Å²) in [5, 5.41) is 15.1. The molecule has 5 nitrogen and oxygen atoms in total. The van der Waals surface area contributed by atoms with Crippen LogP contribution in [0.2, 0.25) is 0 Å². The molecule has 0 aliphatic heterocycles. The molecule has 2 aromatic carbocycles. The van der Waals surface area contributed by atoms with Crippen molar-refractivity contribution in [2.24, 2.45) is 0 Å². The minimum absolute atomic E-state index is 0.0844. The van der Waals surface area contributed by atoms with Gasteiger partial charge in [-0.2, -0.15) is 0 Å². The molecule has 0 unspecified atom stereocenters. The van der Waals surface area contributed by atoms with Gasteiger partial charge in [0.1, 0.15) is 0 Å². The first-order valence-electron chi connectivity index (χ1n) is 7.17. The number of aromatic nitrogens is 1. The first-order valence-corrected chi connectivity index (χ1v) is 7.17. The van der Waals surface area contributed by atoms with Crippen molar-refractivity contribution in [2.75, 3.05) is 5.32 Å². The molecule has 3 rings (SSSR count). The summed E-state index contributed by atoms with van der Waals surface area (Å²) >= 11 is 0. The van der Waals surface area contributed by atoms with Crippen molar-refractivity contribution >= 4 is 22.3 Å². The number of nitrogens with zero attached hydrogens (tertiary/aromatic N) is 2. The predicted molar refractivity (Wildman–Crippen MR) is 91.2 cm³/mol. The van der Waals surface area contributed by atoms with E-state index < -0.39 is 4.92 Å². The molecule has 0 atom stereocenters. The third-order valence-electron chi connectivity index (χ3n) is 3.69. The topological polar surface area (TPSA) is 60.1 Å². The minimum Gasteiger partial charge on any atom is -0.381 e. The van der Waals surface area contributed by atoms with Gasteiger partial charge in [-0.05, 0) is 23.8 Å². The molecule has 0 saturated carbocycles. The zero-order chi connectivity index (χ0) is 16.2. The summed E-state index contributed by atoms with van der Waals surface area (Å²) < 4.78 is 2.04. The van der Waals surface area contributed by atoms with Crippen molar-refractivity contribution in [2.45, 2.75) is 13.1 Å². The van der Waals surface area contributed by atoms with Gasteiger partial charge in [-0.25, -0.2) is 0 Å². The zero-order valence-electron chi connectivity index (χ0n) is 12.4. The van der Waals surface area contributed by atoms with Gasteiger partial charge in [0.15, 0.2) is 0 Å². The Kier molecular flexibility index (Phi) is 3.98. The molecular weight excluding hydrogens is 290 g/mol. The Morgan fingerprint density at radius 2 is 1.91 bits per heavy atom. The van der Waals surface area contributed by atoms with Gasteiger partial charge in [-0.15, -0.1) is 6.42 Å². The lowest BCUT2D eigenvalue weighted by Gasteiger charge is -2.05. The molecule has 0 spiro atoms. The third kappa shape index (κ3) is 3.01. The average molecular weight is 305 g/mol. The second kappa shape index (κ2) is 6.24. The van der Waals surface area contributed by atoms with E-state index in [0.29, 0.717) is 13.1 Å². The lowest BCUT2D eigenvalue weighted by Crippen LogP contribution is -1.99. The van der Waals surface area contributed by atoms with Gasteiger partial charge in [0, 0.05) is 41.5 Å². The fraction of sp³-hybridized carbons (Fsp3) is 0.111. The van der Waals surface area contributed by atoms with Gasteiger partial charge in [0.25, 0.3) is 5.69 Å². The van der Waals surface area contributed by atoms with Crippen LogP contribution in [0.5, 0.6) is 0 Å². The van der Waals surface area contributed by atoms with E-state index in [1.807, 2.05) is 29.0 Å². The van der Waals surface area contributed by atoms with Crippen molar-refractivity contribution < 1.29 is 4.92 Å². The largest absolute Gasteiger partial charge is 0.381 e. The molecule has 1 N–H and O–H groups in total. The van der Waals surface area contributed by atoms with E-state index >= 15 is 0 Å². The van der Waals surface area contributed by atoms with Gasteiger partial charge in [0.2, 0.25) is 0 Å². The normalized spacial score (nSPS) is 10.4. The number of para-hydroxylation sites is 1. The van der Waals surface area contributed by atoms with Crippen molar-refractivity contribution in [3.05, 3.63) is 70.4 Å². The maximum Gasteiger partial charge on any atom is 0.269 e. The van der Waals surface area contributed by atoms with E-state index in [2.05, 4.69) is 17.3 Å². The third-order valence-corrected chi connectivity index (χ3v) is 3.69. The summed E-state index contributed by atoms with van der Waals surface area (Å²) in [6, 6.07) is 14.5. The molecule has 23 heavy (non-hydrogen) atoms. The average Bonchev–Trinajstić information content (AvgIpc) is 2.92. The van der Waals surface area contributed by atoms with E-state index in [4.69, 9.17) is 6.42 Å². The number of anilines is 1. The smallest absolute Gasteiger partial charge is 0.269 e. The Hall–Kier alpha value is -3.26. The molecule has 0 aliphatic rings. The minimum atomic E-state index is -0.406. The quantitative estimate of drug-likeness (QED) is 0.443. The number of terminal acetylenes is 1. The summed E-state index contributed by atoms with van der Waals surface area (Å²) in [7, 11) is 0. The van der Waals surface area contributed by atoms with E-state index in [1.54, 1.807) is 12.1 Å². The molecule has 5 heteroatoms. The van der Waals surface area contributed by atoms with E-state index in [9.17, 15) is 10.1 Å². The predicted octanol–water partition coefficient (Wildman–Crippen LogP) is 3.79. The van der Waals surface area contributed by atoms with Crippen LogP contribution in [0.3, 0.4) is 0 Å². The fourth-order valence-electron chi connectivity index (χ4n) is 2.59. The van der Waals surface area contributed by atoms with E-state index in [-0.39, 0.29) is 5.69 Å². The Bertz CT molecular complexity index is 889. The van der Waals surface area contributed by atoms with Crippen molar-refractivity contribution in [1.29, 1.82) is 0 Å². The highest BCUT2D eigenvalue weighted by Gasteiger charge is 2.08. The Morgan fingerprint density at radius 3 is 2.61 bits per heavy atom. The van der Waals surface area contributed by atoms with Crippen LogP contribution in [0, 0.1) is 22.5 Å². The van der Waals surface area contributed by atoms with Crippen molar-refractivity contribution in [1.82, 2.24) is 4.57 Å². The number of non-ortho nitro benzene ring substituents is 1. The summed E-state index contributed by atoms with van der Waals surface area (Å²) in [5.41, 5.74) is 3.16. The van der Waals surface area contributed by atoms with Crippen LogP contribution in [0.25, 0.3) is 10.9 Å². The van der Waals surface area contributed by atoms with Crippen molar-refractivity contribution in [3.63, 3.8) is 0 Å². The fourth-order valence-corrected chi connectivity index (χ4v) is 2.59. The van der Waals surface area contributed by atoms with Crippen LogP contribution in [-0.2, 0) is 13.1 Å². The highest BCUT2D eigenvalue weighted by molar-refractivity contribution is 5.84. The number of nitro benzene ring substituents is 1. The molecule has 1 aromatic heterocycles. The van der Waals surface area contributed by atoms with Gasteiger partial charge < -0.3 is 9.88 Å². The number of fused-ring (bicyclic) bond motifs is 1. The van der Waals surface area contributed by atoms with Gasteiger partial charge >= 0.3 is 0 Å². The number of hydrogen-bond donors (Lipinski definition) is 1. The first-order chi connectivity index (χ1) is 11.2. The molecule has 0 bridgehead atoms. The molecule has 0 saturated heterocycles. The van der Waals surface area contributed by atoms with Crippen LogP contribution >= 0.6 is 0 Å². The molecule has 0 radical (unpaired) electrons. The first kappa shape index (κ1) is 14.7. The van der Waals surface area contributed by atoms with Crippen LogP contribution in [0.4, 0.5) is 11.4 Å². The highest BCUT2D eigenvalue weighted by Crippen LogP contribution is 2.23. The molecule has 3 aromatic rings. The number of rotatable bonds is 5. The molecule has 0 fully saturated rings. The second-order valence-electron chi connectivity index (χ2n) is 5.16. The highest BCUT2D eigenvalue weighted by atomic mass is 16.6. The summed E-state index contributed by atoms with van der Waals surface area (Å²) in [4.78, 5) is 10.3. The Balaban J connectivity index is 1.82. The number of hydrogen-bond acceptors (Lipinski definition) is 3. The molecular formula is C18H15N3O2. The standard InChI is InChI=1S/C18H15N3O2/c1-2-11-20-13-14(17-5-3-4-6-18(17)20)12-19-15-7-9-16(10-8-15)21(22)23/h1,3-10,13,19H,11-12H2. The maximum absolute atomic E-state index is 10.7. The molecule has 0 amide bonds. The number of nitro groups is 1. The van der Waals surface area contributed by atoms with Gasteiger partial charge in [0.05, 0.1) is 11.5 Å². The maximum atomic E-state index is 10.7. The van der Waals surface area contributed by atoms with Crippen LogP contribution < -0.4 is 5.32 Å². The Labute approximate surface area is 133 Å². The summed E-state index contributed by atoms with van der Waals surface area (Å²) in [6.07, 6.45) is 7.47. The van der Waals surface area contributed by atoms with E-state index in [0.717, 1.165) is 22.2 Å². The van der Waals surface area contributed by atoms with Gasteiger partial charge in [-0.1, -0.05) is 24.1 Å². The molecule has 1 heterocycles. The van der Waals surface area contributed by atoms with Crippen molar-refractivity contribution in [3.8, 4) is 12.3 Å². The lowest BCUT2D eigenvalue weighted by molar-refractivity contribution is -0.384. The van der Waals surface area contributed by atoms with Crippen LogP contribution in [-0.4, -0.2) is 9.49 Å². The second-order valence-corrected chi connectivity index (χ2v) is 5.16. The van der Waals surface area contributed by atoms with Gasteiger partial charge in [-0.3, -0.25) is 10.1 Å². The lowest BCUT2D eigenvalue weighted by atomic mass is 10.1. The Morgan fingerprint density at radius 1 is 1.17 bits per heavy atom. The number of benzene rings is 2. The summed E-state index contributed by atoms with van der Waals surface area (Å²) in [6.45, 7) is 1.15. The summed E-state index contributed by atoms with van der Waals surface area (Å²) in [5.74, 6) is 2.66. The number of nitrogens with one attached hydrogen (secondary N) is 1. The zero-order valence-corrected chi connectivity index (χ0v) is 12.4. The monoisotopic (exact) mass is 305 g/mol. The SMILES string of the molecule is C#CCn1cc(CNc2ccc([N+](=O)[O-])cc2)c2ccccc21. The van der Waals surface area contributed by atoms with Crippen LogP contribution in [0.15, 0.2) is 54.7 Å². The molecule has 0 aliphatic carbocycles. The van der Waals surface area contributed by atoms with Crippen LogP contribution in [0.1, 0.15) is 5.56 Å². The molecule has 114 valence electrons.